The van der Waals surface area contributed by atoms with Crippen LogP contribution in [0.25, 0.3) is 0 Å². The Hall–Kier alpha value is -3.29. The molecule has 0 spiro atoms. The summed E-state index contributed by atoms with van der Waals surface area (Å²) in [6, 6.07) is 15.0. The van der Waals surface area contributed by atoms with Gasteiger partial charge in [-0.05, 0) is 35.9 Å². The lowest BCUT2D eigenvalue weighted by Gasteiger charge is -2.29. The number of anilines is 2. The van der Waals surface area contributed by atoms with E-state index in [0.29, 0.717) is 27.2 Å². The number of carbonyl (C=O) groups excluding carboxylic acids is 2. The van der Waals surface area contributed by atoms with Crippen LogP contribution < -0.4 is 20.5 Å². The molecule has 3 aromatic rings. The number of amides is 2. The van der Waals surface area contributed by atoms with E-state index in [1.54, 1.807) is 24.3 Å². The van der Waals surface area contributed by atoms with Crippen LogP contribution in [0.4, 0.5) is 11.4 Å². The summed E-state index contributed by atoms with van der Waals surface area (Å²) in [7, 11) is 0. The predicted molar refractivity (Wildman–Crippen MR) is 119 cm³/mol. The van der Waals surface area contributed by atoms with Crippen LogP contribution in [-0.2, 0) is 16.1 Å². The molecule has 7 nitrogen and oxygen atoms in total. The van der Waals surface area contributed by atoms with E-state index >= 15 is 0 Å². The number of ether oxygens (including phenoxy) is 1. The number of halogens is 2. The van der Waals surface area contributed by atoms with E-state index in [9.17, 15) is 14.4 Å². The zero-order valence-corrected chi connectivity index (χ0v) is 17.7. The van der Waals surface area contributed by atoms with Gasteiger partial charge in [0.05, 0.1) is 17.9 Å². The van der Waals surface area contributed by atoms with E-state index in [1.807, 2.05) is 18.2 Å². The van der Waals surface area contributed by atoms with Gasteiger partial charge in [-0.2, -0.15) is 0 Å². The van der Waals surface area contributed by atoms with E-state index in [-0.39, 0.29) is 31.2 Å². The minimum Gasteiger partial charge on any atom is -0.482 e. The molecule has 0 bridgehead atoms. The third-order valence-electron chi connectivity index (χ3n) is 4.73. The molecule has 0 unspecified atom stereocenters. The van der Waals surface area contributed by atoms with E-state index in [2.05, 4.69) is 5.32 Å². The maximum Gasteiger partial charge on any atom is 0.265 e. The van der Waals surface area contributed by atoms with Crippen LogP contribution in [0, 0.1) is 0 Å². The summed E-state index contributed by atoms with van der Waals surface area (Å²) in [5, 5.41) is 3.70. The first-order valence-electron chi connectivity index (χ1n) is 9.37. The maximum absolute atomic E-state index is 12.6. The molecule has 0 atom stereocenters. The number of pyridine rings is 1. The van der Waals surface area contributed by atoms with Gasteiger partial charge in [-0.25, -0.2) is 0 Å². The van der Waals surface area contributed by atoms with Crippen molar-refractivity contribution in [2.75, 3.05) is 23.4 Å². The van der Waals surface area contributed by atoms with Gasteiger partial charge in [-0.1, -0.05) is 41.4 Å². The van der Waals surface area contributed by atoms with Crippen molar-refractivity contribution in [3.05, 3.63) is 86.8 Å². The van der Waals surface area contributed by atoms with Crippen LogP contribution in [-0.4, -0.2) is 29.5 Å². The number of aromatic nitrogens is 1. The van der Waals surface area contributed by atoms with Crippen molar-refractivity contribution in [3.63, 3.8) is 0 Å². The summed E-state index contributed by atoms with van der Waals surface area (Å²) >= 11 is 12.2. The van der Waals surface area contributed by atoms with Crippen molar-refractivity contribution in [3.8, 4) is 5.75 Å². The van der Waals surface area contributed by atoms with Gasteiger partial charge >= 0.3 is 0 Å². The lowest BCUT2D eigenvalue weighted by molar-refractivity contribution is -0.123. The van der Waals surface area contributed by atoms with E-state index < -0.39 is 5.91 Å². The fourth-order valence-electron chi connectivity index (χ4n) is 3.23. The van der Waals surface area contributed by atoms with Crippen molar-refractivity contribution in [2.45, 2.75) is 6.54 Å². The smallest absolute Gasteiger partial charge is 0.265 e. The zero-order valence-electron chi connectivity index (χ0n) is 16.2. The van der Waals surface area contributed by atoms with Crippen molar-refractivity contribution in [1.82, 2.24) is 4.57 Å². The Morgan fingerprint density at radius 2 is 1.87 bits per heavy atom. The molecule has 0 fully saturated rings. The summed E-state index contributed by atoms with van der Waals surface area (Å²) in [6.45, 7) is -0.125. The minimum absolute atomic E-state index is 0.162. The van der Waals surface area contributed by atoms with Gasteiger partial charge in [0.1, 0.15) is 12.3 Å². The topological polar surface area (TPSA) is 80.6 Å². The van der Waals surface area contributed by atoms with Gasteiger partial charge in [0, 0.05) is 22.3 Å². The monoisotopic (exact) mass is 457 g/mol. The Labute approximate surface area is 187 Å². The number of rotatable bonds is 5. The van der Waals surface area contributed by atoms with Gasteiger partial charge in [-0.15, -0.1) is 0 Å². The molecule has 1 aliphatic rings. The number of benzene rings is 2. The average molecular weight is 458 g/mol. The Bertz CT molecular complexity index is 1230. The van der Waals surface area contributed by atoms with Crippen molar-refractivity contribution in [1.29, 1.82) is 0 Å². The first-order chi connectivity index (χ1) is 14.9. The molecule has 0 saturated heterocycles. The molecule has 0 aliphatic carbocycles. The molecule has 9 heteroatoms. The summed E-state index contributed by atoms with van der Waals surface area (Å²) in [5.74, 6) is -0.303. The molecular formula is C22H17Cl2N3O4. The summed E-state index contributed by atoms with van der Waals surface area (Å²) in [5.41, 5.74) is 1.40. The van der Waals surface area contributed by atoms with Gasteiger partial charge in [0.25, 0.3) is 11.5 Å². The predicted octanol–water partition coefficient (Wildman–Crippen LogP) is 3.57. The fraction of sp³-hybridized carbons (Fsp3) is 0.136. The van der Waals surface area contributed by atoms with Gasteiger partial charge in [0.2, 0.25) is 5.91 Å². The Balaban J connectivity index is 1.51. The number of hydrogen-bond acceptors (Lipinski definition) is 4. The number of fused-ring (bicyclic) bond motifs is 1. The molecule has 1 aromatic heterocycles. The molecule has 31 heavy (non-hydrogen) atoms. The molecule has 2 aromatic carbocycles. The largest absolute Gasteiger partial charge is 0.482 e. The highest BCUT2D eigenvalue weighted by Gasteiger charge is 2.27. The van der Waals surface area contributed by atoms with Crippen LogP contribution in [0.5, 0.6) is 5.75 Å². The molecule has 2 heterocycles. The number of hydrogen-bond donors (Lipinski definition) is 1. The van der Waals surface area contributed by atoms with Crippen molar-refractivity contribution < 1.29 is 14.3 Å². The minimum atomic E-state index is -0.427. The SMILES string of the molecule is O=C(CN1C(=O)COc2ccc(Cl)cc21)Nc1ccc(=O)n(Cc2ccccc2Cl)c1. The molecule has 158 valence electrons. The van der Waals surface area contributed by atoms with Crippen LogP contribution >= 0.6 is 23.2 Å². The molecule has 2 amide bonds. The Kier molecular flexibility index (Phi) is 5.97. The fourth-order valence-corrected chi connectivity index (χ4v) is 3.59. The van der Waals surface area contributed by atoms with Crippen LogP contribution in [0.1, 0.15) is 5.56 Å². The normalized spacial score (nSPS) is 12.8. The molecule has 1 N–H and O–H groups in total. The second-order valence-electron chi connectivity index (χ2n) is 6.90. The highest BCUT2D eigenvalue weighted by molar-refractivity contribution is 6.31. The van der Waals surface area contributed by atoms with Crippen LogP contribution in [0.15, 0.2) is 65.6 Å². The average Bonchev–Trinajstić information content (AvgIpc) is 2.74. The zero-order chi connectivity index (χ0) is 22.0. The second kappa shape index (κ2) is 8.83. The van der Waals surface area contributed by atoms with E-state index in [4.69, 9.17) is 27.9 Å². The van der Waals surface area contributed by atoms with Gasteiger partial charge in [0.15, 0.2) is 6.61 Å². The third-order valence-corrected chi connectivity index (χ3v) is 5.34. The number of nitrogens with one attached hydrogen (secondary N) is 1. The first-order valence-corrected chi connectivity index (χ1v) is 10.1. The number of carbonyl (C=O) groups is 2. The van der Waals surface area contributed by atoms with E-state index in [1.165, 1.54) is 27.8 Å². The standard InChI is InChI=1S/C22H17Cl2N3O4/c23-15-5-7-19-18(9-15)27(22(30)13-31-19)12-20(28)25-16-6-8-21(29)26(11-16)10-14-3-1-2-4-17(14)24/h1-9,11H,10,12-13H2,(H,25,28). The molecule has 1 aliphatic heterocycles. The second-order valence-corrected chi connectivity index (χ2v) is 7.75. The summed E-state index contributed by atoms with van der Waals surface area (Å²) in [6.07, 6.45) is 1.54. The quantitative estimate of drug-likeness (QED) is 0.634. The van der Waals surface area contributed by atoms with Crippen LogP contribution in [0.2, 0.25) is 10.0 Å². The van der Waals surface area contributed by atoms with Crippen molar-refractivity contribution >= 4 is 46.4 Å². The number of nitrogens with zero attached hydrogens (tertiary/aromatic N) is 2. The Morgan fingerprint density at radius 3 is 2.68 bits per heavy atom. The van der Waals surface area contributed by atoms with Gasteiger partial charge < -0.3 is 14.6 Å². The lowest BCUT2D eigenvalue weighted by atomic mass is 10.2. The summed E-state index contributed by atoms with van der Waals surface area (Å²) < 4.78 is 6.84. The third kappa shape index (κ3) is 4.73. The highest BCUT2D eigenvalue weighted by atomic mass is 35.5. The van der Waals surface area contributed by atoms with Crippen LogP contribution in [0.3, 0.4) is 0 Å². The molecule has 0 radical (unpaired) electrons. The molecular weight excluding hydrogens is 441 g/mol. The highest BCUT2D eigenvalue weighted by Crippen LogP contribution is 2.34. The first kappa shape index (κ1) is 21.0. The molecule has 4 rings (SSSR count). The summed E-state index contributed by atoms with van der Waals surface area (Å²) in [4.78, 5) is 38.5. The van der Waals surface area contributed by atoms with Gasteiger partial charge in [-0.3, -0.25) is 19.3 Å². The lowest BCUT2D eigenvalue weighted by Crippen LogP contribution is -2.43. The van der Waals surface area contributed by atoms with E-state index in [0.717, 1.165) is 5.56 Å². The Morgan fingerprint density at radius 1 is 1.06 bits per heavy atom. The maximum atomic E-state index is 12.6. The van der Waals surface area contributed by atoms with Crippen molar-refractivity contribution in [2.24, 2.45) is 0 Å². The molecule has 0 saturated carbocycles.